The summed E-state index contributed by atoms with van der Waals surface area (Å²) in [5, 5.41) is 8.01. The van der Waals surface area contributed by atoms with Crippen LogP contribution in [-0.2, 0) is 16.1 Å². The summed E-state index contributed by atoms with van der Waals surface area (Å²) in [7, 11) is 0. The van der Waals surface area contributed by atoms with E-state index in [1.807, 2.05) is 18.4 Å². The van der Waals surface area contributed by atoms with Crippen molar-refractivity contribution < 1.29 is 13.9 Å². The highest BCUT2D eigenvalue weighted by Gasteiger charge is 2.09. The van der Waals surface area contributed by atoms with Gasteiger partial charge in [0.25, 0.3) is 0 Å². The van der Waals surface area contributed by atoms with Crippen molar-refractivity contribution in [3.63, 3.8) is 0 Å². The number of carbonyl (C=O) groups excluding carboxylic acids is 1. The van der Waals surface area contributed by atoms with Crippen molar-refractivity contribution >= 4 is 28.3 Å². The summed E-state index contributed by atoms with van der Waals surface area (Å²) < 4.78 is 10.9. The number of amides is 1. The highest BCUT2D eigenvalue weighted by atomic mass is 32.1. The quantitative estimate of drug-likeness (QED) is 0.378. The Hall–Kier alpha value is -2.39. The molecule has 2 aromatic rings. The predicted octanol–water partition coefficient (Wildman–Crippen LogP) is 1.61. The van der Waals surface area contributed by atoms with E-state index in [1.165, 1.54) is 18.3 Å². The number of nitrogens with two attached hydrogens (primary N) is 1. The molecule has 0 atom stereocenters. The maximum absolute atomic E-state index is 10.9. The second-order valence-electron chi connectivity index (χ2n) is 4.81. The molecular weight excluding hydrogens is 330 g/mol. The van der Waals surface area contributed by atoms with E-state index in [0.29, 0.717) is 54.6 Å². The van der Waals surface area contributed by atoms with Gasteiger partial charge < -0.3 is 25.5 Å². The fraction of sp³-hybridized carbons (Fsp3) is 0.400. The Balaban J connectivity index is 1.93. The van der Waals surface area contributed by atoms with Crippen LogP contribution >= 0.6 is 11.3 Å². The topological polar surface area (TPSA) is 115 Å². The van der Waals surface area contributed by atoms with Crippen LogP contribution in [0.3, 0.4) is 0 Å². The van der Waals surface area contributed by atoms with Crippen LogP contribution in [0.1, 0.15) is 19.6 Å². The number of hydrogen-bond donors (Lipinski definition) is 3. The van der Waals surface area contributed by atoms with E-state index in [-0.39, 0.29) is 5.91 Å². The molecule has 8 nitrogen and oxygen atoms in total. The summed E-state index contributed by atoms with van der Waals surface area (Å²) in [6.45, 7) is 5.57. The molecule has 0 radical (unpaired) electrons. The first-order chi connectivity index (χ1) is 11.6. The van der Waals surface area contributed by atoms with E-state index in [4.69, 9.17) is 14.9 Å². The number of thiazole rings is 1. The Labute approximate surface area is 144 Å². The Morgan fingerprint density at radius 3 is 3.04 bits per heavy atom. The molecule has 24 heavy (non-hydrogen) atoms. The molecule has 0 spiro atoms. The van der Waals surface area contributed by atoms with Crippen LogP contribution < -0.4 is 16.4 Å². The zero-order valence-electron chi connectivity index (χ0n) is 13.7. The van der Waals surface area contributed by atoms with Gasteiger partial charge in [0.15, 0.2) is 11.7 Å². The van der Waals surface area contributed by atoms with Crippen LogP contribution in [0.15, 0.2) is 26.9 Å². The standard InChI is InChI=1S/C15H21N5O3S/c1-3-22-7-6-17-14(16)20-15-19-12(9-24-15)13-5-4-11(23-13)8-18-10(2)21/h4-5,9H,3,6-8H2,1-2H3,(H,18,21)(H3,16,17,19,20). The predicted molar refractivity (Wildman–Crippen MR) is 93.1 cm³/mol. The van der Waals surface area contributed by atoms with Crippen molar-refractivity contribution in [2.45, 2.75) is 20.4 Å². The molecule has 0 aliphatic heterocycles. The molecule has 2 rings (SSSR count). The van der Waals surface area contributed by atoms with E-state index in [0.717, 1.165) is 0 Å². The van der Waals surface area contributed by atoms with E-state index in [9.17, 15) is 4.79 Å². The van der Waals surface area contributed by atoms with Crippen molar-refractivity contribution in [3.05, 3.63) is 23.3 Å². The average molecular weight is 351 g/mol. The number of hydrogen-bond acceptors (Lipinski definition) is 6. The fourth-order valence-electron chi connectivity index (χ4n) is 1.79. The lowest BCUT2D eigenvalue weighted by Gasteiger charge is -2.04. The minimum absolute atomic E-state index is 0.106. The number of aliphatic imine (C=N–C) groups is 1. The number of ether oxygens (including phenoxy) is 1. The molecular formula is C15H21N5O3S. The normalized spacial score (nSPS) is 11.5. The molecule has 130 valence electrons. The summed E-state index contributed by atoms with van der Waals surface area (Å²) in [4.78, 5) is 19.5. The molecule has 2 heterocycles. The second-order valence-corrected chi connectivity index (χ2v) is 5.65. The van der Waals surface area contributed by atoms with Crippen LogP contribution in [0, 0.1) is 0 Å². The molecule has 0 saturated carbocycles. The van der Waals surface area contributed by atoms with E-state index < -0.39 is 0 Å². The highest BCUT2D eigenvalue weighted by Crippen LogP contribution is 2.28. The largest absolute Gasteiger partial charge is 0.458 e. The molecule has 0 bridgehead atoms. The summed E-state index contributed by atoms with van der Waals surface area (Å²) >= 11 is 1.36. The minimum atomic E-state index is -0.106. The van der Waals surface area contributed by atoms with Crippen LogP contribution in [-0.4, -0.2) is 36.6 Å². The van der Waals surface area contributed by atoms with Gasteiger partial charge in [-0.15, -0.1) is 11.3 Å². The van der Waals surface area contributed by atoms with Crippen molar-refractivity contribution in [2.75, 3.05) is 19.8 Å². The molecule has 4 N–H and O–H groups in total. The Morgan fingerprint density at radius 2 is 2.29 bits per heavy atom. The number of guanidine groups is 1. The van der Waals surface area contributed by atoms with Gasteiger partial charge in [0.2, 0.25) is 11.0 Å². The summed E-state index contributed by atoms with van der Waals surface area (Å²) in [6, 6.07) is 3.61. The maximum Gasteiger partial charge on any atom is 0.217 e. The SMILES string of the molecule is CCOCCN/C(N)=N/c1nc(-c2ccc(CNC(C)=O)o2)cs1. The third kappa shape index (κ3) is 5.67. The molecule has 2 aromatic heterocycles. The van der Waals surface area contributed by atoms with Crippen LogP contribution in [0.25, 0.3) is 11.5 Å². The van der Waals surface area contributed by atoms with Gasteiger partial charge in [0.05, 0.1) is 13.2 Å². The molecule has 0 unspecified atom stereocenters. The van der Waals surface area contributed by atoms with Crippen LogP contribution in [0.5, 0.6) is 0 Å². The lowest BCUT2D eigenvalue weighted by molar-refractivity contribution is -0.119. The van der Waals surface area contributed by atoms with Gasteiger partial charge in [0, 0.05) is 25.5 Å². The summed E-state index contributed by atoms with van der Waals surface area (Å²) in [5.74, 6) is 1.47. The lowest BCUT2D eigenvalue weighted by Crippen LogP contribution is -2.33. The number of furan rings is 1. The molecule has 0 saturated heterocycles. The maximum atomic E-state index is 10.9. The average Bonchev–Trinajstić information content (AvgIpc) is 3.18. The third-order valence-electron chi connectivity index (χ3n) is 2.89. The van der Waals surface area contributed by atoms with Gasteiger partial charge in [-0.1, -0.05) is 0 Å². The van der Waals surface area contributed by atoms with Gasteiger partial charge in [-0.2, -0.15) is 4.99 Å². The van der Waals surface area contributed by atoms with Gasteiger partial charge >= 0.3 is 0 Å². The third-order valence-corrected chi connectivity index (χ3v) is 3.62. The van der Waals surface area contributed by atoms with Crippen LogP contribution in [0.2, 0.25) is 0 Å². The Morgan fingerprint density at radius 1 is 1.46 bits per heavy atom. The zero-order valence-corrected chi connectivity index (χ0v) is 14.5. The van der Waals surface area contributed by atoms with Gasteiger partial charge in [-0.05, 0) is 19.1 Å². The van der Waals surface area contributed by atoms with E-state index in [2.05, 4.69) is 20.6 Å². The van der Waals surface area contributed by atoms with Gasteiger partial charge in [-0.3, -0.25) is 4.79 Å². The smallest absolute Gasteiger partial charge is 0.217 e. The molecule has 0 fully saturated rings. The van der Waals surface area contributed by atoms with Crippen molar-refractivity contribution in [1.82, 2.24) is 15.6 Å². The Kier molecular flexibility index (Phi) is 6.76. The Bertz CT molecular complexity index is 695. The molecule has 0 aliphatic carbocycles. The number of rotatable bonds is 8. The molecule has 0 aliphatic rings. The zero-order chi connectivity index (χ0) is 17.4. The van der Waals surface area contributed by atoms with E-state index in [1.54, 1.807) is 6.07 Å². The number of nitrogens with zero attached hydrogens (tertiary/aromatic N) is 2. The second kappa shape index (κ2) is 9.04. The molecule has 9 heteroatoms. The minimum Gasteiger partial charge on any atom is -0.458 e. The lowest BCUT2D eigenvalue weighted by atomic mass is 10.3. The first-order valence-electron chi connectivity index (χ1n) is 7.53. The van der Waals surface area contributed by atoms with Crippen molar-refractivity contribution in [1.29, 1.82) is 0 Å². The highest BCUT2D eigenvalue weighted by molar-refractivity contribution is 7.13. The van der Waals surface area contributed by atoms with Crippen molar-refractivity contribution in [3.8, 4) is 11.5 Å². The van der Waals surface area contributed by atoms with Crippen molar-refractivity contribution in [2.24, 2.45) is 10.7 Å². The van der Waals surface area contributed by atoms with Gasteiger partial charge in [-0.25, -0.2) is 4.98 Å². The number of nitrogens with one attached hydrogen (secondary N) is 2. The molecule has 0 aromatic carbocycles. The van der Waals surface area contributed by atoms with E-state index >= 15 is 0 Å². The molecule has 1 amide bonds. The first-order valence-corrected chi connectivity index (χ1v) is 8.41. The summed E-state index contributed by atoms with van der Waals surface area (Å²) in [5.41, 5.74) is 6.47. The number of carbonyl (C=O) groups is 1. The first kappa shape index (κ1) is 18.0. The number of aromatic nitrogens is 1. The fourth-order valence-corrected chi connectivity index (χ4v) is 2.48. The monoisotopic (exact) mass is 351 g/mol. The summed E-state index contributed by atoms with van der Waals surface area (Å²) in [6.07, 6.45) is 0. The van der Waals surface area contributed by atoms with Gasteiger partial charge in [0.1, 0.15) is 11.5 Å². The van der Waals surface area contributed by atoms with Crippen LogP contribution in [0.4, 0.5) is 5.13 Å².